The molecule has 30 heavy (non-hydrogen) atoms. The van der Waals surface area contributed by atoms with E-state index in [1.165, 1.54) is 17.7 Å². The van der Waals surface area contributed by atoms with Gasteiger partial charge in [-0.05, 0) is 49.8 Å². The molecule has 154 valence electrons. The molecule has 0 N–H and O–H groups in total. The standard InChI is InChI=1S/C24H25N3O3/c28-21-17-8-9-24(15-11-14(12-26(21)24)18-7-4-10-25(18)13-15)20-19(17)22(29)27(23(20)30)16-5-2-1-3-6-16/h1-3,5-6,8-9,14-15,17-20H,4,7,10-13H2/t14-,15-,17-,18+,19+,20-,24-/m1/s1. The average Bonchev–Trinajstić information content (AvgIpc) is 3.34. The van der Waals surface area contributed by atoms with E-state index in [9.17, 15) is 14.4 Å². The Morgan fingerprint density at radius 1 is 0.967 bits per heavy atom. The molecule has 6 nitrogen and oxygen atoms in total. The minimum Gasteiger partial charge on any atom is -0.332 e. The van der Waals surface area contributed by atoms with Crippen LogP contribution in [0.5, 0.6) is 0 Å². The Morgan fingerprint density at radius 3 is 2.63 bits per heavy atom. The maximum absolute atomic E-state index is 13.8. The summed E-state index contributed by atoms with van der Waals surface area (Å²) in [4.78, 5) is 46.9. The van der Waals surface area contributed by atoms with Gasteiger partial charge in [-0.2, -0.15) is 0 Å². The van der Waals surface area contributed by atoms with Crippen LogP contribution in [0.15, 0.2) is 42.5 Å². The number of amides is 3. The summed E-state index contributed by atoms with van der Waals surface area (Å²) in [5.74, 6) is -1.06. The molecule has 7 aliphatic rings. The molecule has 7 atom stereocenters. The summed E-state index contributed by atoms with van der Waals surface area (Å²) < 4.78 is 0. The van der Waals surface area contributed by atoms with Crippen LogP contribution in [0.4, 0.5) is 5.69 Å². The van der Waals surface area contributed by atoms with Crippen molar-refractivity contribution >= 4 is 23.4 Å². The normalized spacial score (nSPS) is 43.8. The minimum absolute atomic E-state index is 0.0657. The molecule has 0 saturated carbocycles. The third-order valence-electron chi connectivity index (χ3n) is 8.91. The molecule has 8 rings (SSSR count). The van der Waals surface area contributed by atoms with Crippen LogP contribution in [0.2, 0.25) is 0 Å². The largest absolute Gasteiger partial charge is 0.332 e. The summed E-state index contributed by atoms with van der Waals surface area (Å²) in [5, 5.41) is 0. The van der Waals surface area contributed by atoms with E-state index in [0.29, 0.717) is 17.6 Å². The Labute approximate surface area is 175 Å². The van der Waals surface area contributed by atoms with Crippen molar-refractivity contribution in [2.75, 3.05) is 24.5 Å². The molecule has 5 saturated heterocycles. The van der Waals surface area contributed by atoms with Crippen LogP contribution < -0.4 is 4.90 Å². The number of imide groups is 1. The Bertz CT molecular complexity index is 1010. The van der Waals surface area contributed by atoms with Gasteiger partial charge >= 0.3 is 0 Å². The van der Waals surface area contributed by atoms with Crippen molar-refractivity contribution in [1.29, 1.82) is 0 Å². The van der Waals surface area contributed by atoms with Gasteiger partial charge in [-0.25, -0.2) is 4.90 Å². The fourth-order valence-corrected chi connectivity index (χ4v) is 7.83. The first-order valence-corrected chi connectivity index (χ1v) is 11.3. The average molecular weight is 403 g/mol. The summed E-state index contributed by atoms with van der Waals surface area (Å²) in [5.41, 5.74) is -0.0229. The summed E-state index contributed by atoms with van der Waals surface area (Å²) >= 11 is 0. The van der Waals surface area contributed by atoms with E-state index < -0.39 is 23.3 Å². The van der Waals surface area contributed by atoms with Gasteiger partial charge in [0.05, 0.1) is 29.0 Å². The minimum atomic E-state index is -0.642. The van der Waals surface area contributed by atoms with Crippen molar-refractivity contribution in [3.8, 4) is 0 Å². The molecule has 3 amide bonds. The zero-order valence-electron chi connectivity index (χ0n) is 16.8. The van der Waals surface area contributed by atoms with Gasteiger partial charge in [-0.3, -0.25) is 19.3 Å². The first kappa shape index (κ1) is 17.2. The van der Waals surface area contributed by atoms with Crippen molar-refractivity contribution in [2.24, 2.45) is 29.6 Å². The van der Waals surface area contributed by atoms with Crippen LogP contribution in [0.1, 0.15) is 19.3 Å². The Morgan fingerprint density at radius 2 is 1.80 bits per heavy atom. The van der Waals surface area contributed by atoms with Gasteiger partial charge in [-0.1, -0.05) is 30.4 Å². The van der Waals surface area contributed by atoms with Gasteiger partial charge < -0.3 is 4.90 Å². The third-order valence-corrected chi connectivity index (χ3v) is 8.91. The molecule has 5 fully saturated rings. The van der Waals surface area contributed by atoms with Crippen molar-refractivity contribution < 1.29 is 14.4 Å². The third kappa shape index (κ3) is 1.83. The lowest BCUT2D eigenvalue weighted by Gasteiger charge is -2.65. The Kier molecular flexibility index (Phi) is 3.22. The number of para-hydroxylation sites is 1. The molecule has 6 heterocycles. The molecule has 0 unspecified atom stereocenters. The highest BCUT2D eigenvalue weighted by Gasteiger charge is 2.72. The summed E-state index contributed by atoms with van der Waals surface area (Å²) in [6.45, 7) is 2.77. The van der Waals surface area contributed by atoms with Crippen LogP contribution in [0.25, 0.3) is 0 Å². The smallest absolute Gasteiger partial charge is 0.240 e. The van der Waals surface area contributed by atoms with Gasteiger partial charge in [0, 0.05) is 19.1 Å². The van der Waals surface area contributed by atoms with Gasteiger partial charge in [-0.15, -0.1) is 0 Å². The second-order valence-electron chi connectivity index (χ2n) is 9.97. The molecular weight excluding hydrogens is 378 g/mol. The van der Waals surface area contributed by atoms with Gasteiger partial charge in [0.2, 0.25) is 17.7 Å². The lowest BCUT2D eigenvalue weighted by molar-refractivity contribution is -0.179. The molecule has 0 radical (unpaired) electrons. The quantitative estimate of drug-likeness (QED) is 0.529. The highest BCUT2D eigenvalue weighted by molar-refractivity contribution is 6.24. The highest BCUT2D eigenvalue weighted by Crippen LogP contribution is 2.59. The zero-order chi connectivity index (χ0) is 20.2. The number of fused-ring (bicyclic) bond motifs is 4. The number of benzene rings is 1. The predicted molar refractivity (Wildman–Crippen MR) is 109 cm³/mol. The van der Waals surface area contributed by atoms with Crippen molar-refractivity contribution in [3.63, 3.8) is 0 Å². The number of hydrogen-bond donors (Lipinski definition) is 0. The predicted octanol–water partition coefficient (Wildman–Crippen LogP) is 1.67. The molecule has 1 aliphatic carbocycles. The van der Waals surface area contributed by atoms with E-state index in [1.54, 1.807) is 0 Å². The second-order valence-corrected chi connectivity index (χ2v) is 9.97. The molecule has 4 bridgehead atoms. The fraction of sp³-hybridized carbons (Fsp3) is 0.542. The van der Waals surface area contributed by atoms with Crippen LogP contribution in [-0.2, 0) is 14.4 Å². The fourth-order valence-electron chi connectivity index (χ4n) is 7.83. The number of hydrogen-bond acceptors (Lipinski definition) is 4. The Hall–Kier alpha value is -2.47. The van der Waals surface area contributed by atoms with E-state index in [0.717, 1.165) is 26.1 Å². The monoisotopic (exact) mass is 403 g/mol. The van der Waals surface area contributed by atoms with Crippen molar-refractivity contribution in [3.05, 3.63) is 42.5 Å². The van der Waals surface area contributed by atoms with E-state index in [2.05, 4.69) is 11.0 Å². The van der Waals surface area contributed by atoms with E-state index >= 15 is 0 Å². The topological polar surface area (TPSA) is 60.9 Å². The van der Waals surface area contributed by atoms with Gasteiger partial charge in [0.1, 0.15) is 0 Å². The first-order valence-electron chi connectivity index (χ1n) is 11.3. The Balaban J connectivity index is 1.37. The van der Waals surface area contributed by atoms with Crippen LogP contribution in [-0.4, -0.2) is 58.7 Å². The molecule has 1 spiro atoms. The number of piperidine rings is 3. The number of rotatable bonds is 1. The summed E-state index contributed by atoms with van der Waals surface area (Å²) in [6.07, 6.45) is 7.60. The number of carbonyl (C=O) groups is 3. The molecular formula is C24H25N3O3. The summed E-state index contributed by atoms with van der Waals surface area (Å²) in [7, 11) is 0. The van der Waals surface area contributed by atoms with Crippen LogP contribution in [0.3, 0.4) is 0 Å². The van der Waals surface area contributed by atoms with E-state index in [4.69, 9.17) is 0 Å². The van der Waals surface area contributed by atoms with Crippen LogP contribution in [0, 0.1) is 29.6 Å². The lowest BCUT2D eigenvalue weighted by Crippen LogP contribution is -2.76. The molecule has 6 heteroatoms. The van der Waals surface area contributed by atoms with Gasteiger partial charge in [0.25, 0.3) is 0 Å². The SMILES string of the molecule is O=C1[C@H]2[C@H]3C=C[C@@]4([C@@H]5C[C@H](CN4C3=O)[C@@H]3CCCN3C5)[C@H]2C(=O)N1c1ccccc1. The van der Waals surface area contributed by atoms with Crippen LogP contribution >= 0.6 is 0 Å². The number of carbonyl (C=O) groups excluding carboxylic acids is 3. The van der Waals surface area contributed by atoms with Gasteiger partial charge in [0.15, 0.2) is 0 Å². The van der Waals surface area contributed by atoms with E-state index in [1.807, 2.05) is 41.3 Å². The maximum atomic E-state index is 13.8. The highest BCUT2D eigenvalue weighted by atomic mass is 16.2. The number of anilines is 1. The molecule has 1 aromatic carbocycles. The number of nitrogens with zero attached hydrogens (tertiary/aromatic N) is 3. The maximum Gasteiger partial charge on any atom is 0.240 e. The zero-order valence-corrected chi connectivity index (χ0v) is 16.8. The first-order chi connectivity index (χ1) is 14.6. The van der Waals surface area contributed by atoms with Crippen molar-refractivity contribution in [1.82, 2.24) is 9.80 Å². The molecule has 0 aromatic heterocycles. The summed E-state index contributed by atoms with van der Waals surface area (Å²) in [6, 6.07) is 9.78. The molecule has 6 aliphatic heterocycles. The second kappa shape index (κ2) is 5.61. The van der Waals surface area contributed by atoms with E-state index in [-0.39, 0.29) is 23.6 Å². The lowest BCUT2D eigenvalue weighted by atomic mass is 9.53. The van der Waals surface area contributed by atoms with Crippen molar-refractivity contribution in [2.45, 2.75) is 30.8 Å². The molecule has 1 aromatic rings.